The van der Waals surface area contributed by atoms with Crippen LogP contribution in [0.15, 0.2) is 4.52 Å². The molecular weight excluding hydrogens is 250 g/mol. The molecule has 1 fully saturated rings. The Morgan fingerprint density at radius 1 is 1.44 bits per heavy atom. The van der Waals surface area contributed by atoms with Crippen LogP contribution in [0.3, 0.4) is 0 Å². The Morgan fingerprint density at radius 3 is 2.83 bits per heavy atom. The molecule has 104 valence electrons. The monoisotopic (exact) mass is 273 g/mol. The molecule has 4 nitrogen and oxygen atoms in total. The quantitative estimate of drug-likeness (QED) is 0.914. The van der Waals surface area contributed by atoms with Crippen molar-refractivity contribution < 1.29 is 4.52 Å². The molecule has 1 unspecified atom stereocenters. The molecule has 2 N–H and O–H groups in total. The van der Waals surface area contributed by atoms with Gasteiger partial charge in [-0.25, -0.2) is 0 Å². The first-order valence-electron chi connectivity index (χ1n) is 6.55. The Bertz CT molecular complexity index is 346. The van der Waals surface area contributed by atoms with Gasteiger partial charge in [0.25, 0.3) is 0 Å². The van der Waals surface area contributed by atoms with Crippen molar-refractivity contribution in [2.24, 2.45) is 11.7 Å². The molecule has 0 bridgehead atoms. The number of aromatic nitrogens is 1. The van der Waals surface area contributed by atoms with E-state index >= 15 is 0 Å². The highest BCUT2D eigenvalue weighted by atomic mass is 35.5. The van der Waals surface area contributed by atoms with Crippen molar-refractivity contribution in [2.75, 3.05) is 19.6 Å². The largest absolute Gasteiger partial charge is 0.361 e. The summed E-state index contributed by atoms with van der Waals surface area (Å²) in [6.07, 6.45) is 3.77. The van der Waals surface area contributed by atoms with Crippen molar-refractivity contribution in [3.05, 3.63) is 17.0 Å². The van der Waals surface area contributed by atoms with Gasteiger partial charge in [0.05, 0.1) is 5.69 Å². The van der Waals surface area contributed by atoms with Gasteiger partial charge in [-0.1, -0.05) is 5.16 Å². The molecule has 0 aromatic carbocycles. The number of rotatable bonds is 4. The van der Waals surface area contributed by atoms with Crippen LogP contribution in [0.1, 0.15) is 36.3 Å². The van der Waals surface area contributed by atoms with Crippen LogP contribution >= 0.6 is 12.4 Å². The molecule has 1 aromatic heterocycles. The van der Waals surface area contributed by atoms with Gasteiger partial charge in [0.2, 0.25) is 0 Å². The molecule has 0 spiro atoms. The summed E-state index contributed by atoms with van der Waals surface area (Å²) >= 11 is 0. The Hall–Kier alpha value is -0.580. The molecule has 5 heteroatoms. The number of piperidine rings is 1. The summed E-state index contributed by atoms with van der Waals surface area (Å²) < 4.78 is 5.21. The molecule has 18 heavy (non-hydrogen) atoms. The Labute approximate surface area is 115 Å². The number of nitrogens with zero attached hydrogens (tertiary/aromatic N) is 2. The summed E-state index contributed by atoms with van der Waals surface area (Å²) in [4.78, 5) is 2.51. The van der Waals surface area contributed by atoms with Gasteiger partial charge in [0.15, 0.2) is 0 Å². The van der Waals surface area contributed by atoms with E-state index in [0.29, 0.717) is 0 Å². The van der Waals surface area contributed by atoms with Crippen molar-refractivity contribution in [1.82, 2.24) is 10.1 Å². The number of aryl methyl sites for hydroxylation is 2. The Balaban J connectivity index is 0.00000162. The predicted molar refractivity (Wildman–Crippen MR) is 74.9 cm³/mol. The van der Waals surface area contributed by atoms with E-state index in [0.717, 1.165) is 36.9 Å². The average Bonchev–Trinajstić information content (AvgIpc) is 2.62. The van der Waals surface area contributed by atoms with E-state index in [1.807, 2.05) is 13.8 Å². The smallest absolute Gasteiger partial charge is 0.138 e. The fourth-order valence-corrected chi connectivity index (χ4v) is 2.72. The lowest BCUT2D eigenvalue weighted by Gasteiger charge is -2.32. The third-order valence-corrected chi connectivity index (χ3v) is 3.74. The van der Waals surface area contributed by atoms with Crippen molar-refractivity contribution in [3.8, 4) is 0 Å². The van der Waals surface area contributed by atoms with Crippen LogP contribution < -0.4 is 5.73 Å². The van der Waals surface area contributed by atoms with Gasteiger partial charge < -0.3 is 10.3 Å². The van der Waals surface area contributed by atoms with Gasteiger partial charge in [0.1, 0.15) is 5.76 Å². The van der Waals surface area contributed by atoms with Crippen molar-refractivity contribution in [3.63, 3.8) is 0 Å². The number of halogens is 1. The number of hydrogen-bond acceptors (Lipinski definition) is 4. The average molecular weight is 274 g/mol. The molecule has 0 saturated carbocycles. The number of hydrogen-bond donors (Lipinski definition) is 1. The molecule has 1 aliphatic heterocycles. The first-order chi connectivity index (χ1) is 8.20. The SMILES string of the molecule is Cc1noc(C)c1CN1CCCC(CCN)C1.Cl. The van der Waals surface area contributed by atoms with Crippen LogP contribution in [0, 0.1) is 19.8 Å². The first-order valence-corrected chi connectivity index (χ1v) is 6.55. The van der Waals surface area contributed by atoms with Gasteiger partial charge in [-0.05, 0) is 52.1 Å². The summed E-state index contributed by atoms with van der Waals surface area (Å²) in [5.74, 6) is 1.73. The minimum Gasteiger partial charge on any atom is -0.361 e. The van der Waals surface area contributed by atoms with E-state index in [1.165, 1.54) is 31.5 Å². The molecule has 0 radical (unpaired) electrons. The maximum atomic E-state index is 5.65. The van der Waals surface area contributed by atoms with Gasteiger partial charge in [-0.3, -0.25) is 4.90 Å². The molecule has 2 rings (SSSR count). The molecule has 0 aliphatic carbocycles. The fourth-order valence-electron chi connectivity index (χ4n) is 2.72. The highest BCUT2D eigenvalue weighted by Gasteiger charge is 2.21. The molecule has 0 amide bonds. The third-order valence-electron chi connectivity index (χ3n) is 3.74. The summed E-state index contributed by atoms with van der Waals surface area (Å²) in [6, 6.07) is 0. The minimum absolute atomic E-state index is 0. The second-order valence-electron chi connectivity index (χ2n) is 5.12. The number of likely N-dealkylation sites (tertiary alicyclic amines) is 1. The number of nitrogens with two attached hydrogens (primary N) is 1. The molecule has 1 saturated heterocycles. The van der Waals surface area contributed by atoms with E-state index in [-0.39, 0.29) is 12.4 Å². The van der Waals surface area contributed by atoms with Crippen molar-refractivity contribution >= 4 is 12.4 Å². The molecule has 2 heterocycles. The summed E-state index contributed by atoms with van der Waals surface area (Å²) in [5.41, 5.74) is 7.94. The highest BCUT2D eigenvalue weighted by molar-refractivity contribution is 5.85. The maximum Gasteiger partial charge on any atom is 0.138 e. The van der Waals surface area contributed by atoms with E-state index in [2.05, 4.69) is 10.1 Å². The van der Waals surface area contributed by atoms with E-state index in [4.69, 9.17) is 10.3 Å². The van der Waals surface area contributed by atoms with Crippen LogP contribution in [0.2, 0.25) is 0 Å². The first kappa shape index (κ1) is 15.5. The summed E-state index contributed by atoms with van der Waals surface area (Å²) in [6.45, 7) is 8.16. The zero-order chi connectivity index (χ0) is 12.3. The van der Waals surface area contributed by atoms with E-state index in [1.54, 1.807) is 0 Å². The van der Waals surface area contributed by atoms with E-state index in [9.17, 15) is 0 Å². The lowest BCUT2D eigenvalue weighted by molar-refractivity contribution is 0.162. The van der Waals surface area contributed by atoms with Crippen molar-refractivity contribution in [2.45, 2.75) is 39.7 Å². The molecule has 1 aromatic rings. The minimum atomic E-state index is 0. The van der Waals surface area contributed by atoms with Gasteiger partial charge in [-0.2, -0.15) is 0 Å². The fraction of sp³-hybridized carbons (Fsp3) is 0.769. The van der Waals surface area contributed by atoms with Crippen molar-refractivity contribution in [1.29, 1.82) is 0 Å². The zero-order valence-electron chi connectivity index (χ0n) is 11.3. The van der Waals surface area contributed by atoms with Gasteiger partial charge in [0, 0.05) is 18.7 Å². The molecule has 1 atom stereocenters. The lowest BCUT2D eigenvalue weighted by atomic mass is 9.94. The zero-order valence-corrected chi connectivity index (χ0v) is 12.1. The standard InChI is InChI=1S/C13H23N3O.ClH/c1-10-13(11(2)17-15-10)9-16-7-3-4-12(8-16)5-6-14;/h12H,3-9,14H2,1-2H3;1H. The summed E-state index contributed by atoms with van der Waals surface area (Å²) in [7, 11) is 0. The maximum absolute atomic E-state index is 5.65. The van der Waals surface area contributed by atoms with Gasteiger partial charge >= 0.3 is 0 Å². The normalized spacial score (nSPS) is 20.7. The van der Waals surface area contributed by atoms with Crippen LogP contribution in [0.4, 0.5) is 0 Å². The Kier molecular flexibility index (Phi) is 6.12. The summed E-state index contributed by atoms with van der Waals surface area (Å²) in [5, 5.41) is 4.02. The third kappa shape index (κ3) is 3.70. The Morgan fingerprint density at radius 2 is 2.22 bits per heavy atom. The van der Waals surface area contributed by atoms with E-state index < -0.39 is 0 Å². The van der Waals surface area contributed by atoms with Crippen LogP contribution in [-0.2, 0) is 6.54 Å². The molecule has 1 aliphatic rings. The van der Waals surface area contributed by atoms with Crippen LogP contribution in [0.5, 0.6) is 0 Å². The van der Waals surface area contributed by atoms with Crippen LogP contribution in [-0.4, -0.2) is 29.7 Å². The lowest BCUT2D eigenvalue weighted by Crippen LogP contribution is -2.35. The van der Waals surface area contributed by atoms with Crippen LogP contribution in [0.25, 0.3) is 0 Å². The second-order valence-corrected chi connectivity index (χ2v) is 5.12. The topological polar surface area (TPSA) is 55.3 Å². The van der Waals surface area contributed by atoms with Gasteiger partial charge in [-0.15, -0.1) is 12.4 Å². The highest BCUT2D eigenvalue weighted by Crippen LogP contribution is 2.22. The second kappa shape index (κ2) is 7.12. The predicted octanol–water partition coefficient (Wildman–Crippen LogP) is 2.27. The molecular formula is C13H24ClN3O.